The van der Waals surface area contributed by atoms with Crippen LogP contribution in [-0.4, -0.2) is 11.9 Å². The van der Waals surface area contributed by atoms with Crippen molar-refractivity contribution in [3.05, 3.63) is 35.8 Å². The average molecular weight is 185 g/mol. The van der Waals surface area contributed by atoms with Gasteiger partial charge < -0.3 is 0 Å². The summed E-state index contributed by atoms with van der Waals surface area (Å²) < 4.78 is 36.8. The zero-order chi connectivity index (χ0) is 14.0. The van der Waals surface area contributed by atoms with E-state index < -0.39 is 47.7 Å². The molecule has 1 aromatic rings. The Hall–Kier alpha value is -1.84. The average Bonchev–Trinajstić information content (AvgIpc) is 2.31. The van der Waals surface area contributed by atoms with Gasteiger partial charge in [0.1, 0.15) is 0 Å². The molecule has 0 aromatic heterocycles. The molecule has 0 fully saturated rings. The van der Waals surface area contributed by atoms with Gasteiger partial charge in [0.15, 0.2) is 0 Å². The molecule has 68 valence electrons. The molecule has 0 unspecified atom stereocenters. The van der Waals surface area contributed by atoms with Crippen LogP contribution in [0.4, 0.5) is 0 Å². The largest absolute Gasteiger partial charge is 0.386 e. The smallest absolute Gasteiger partial charge is 0.248 e. The first-order chi connectivity index (χ1) is 8.27. The normalized spacial score (nSPS) is 14.4. The van der Waals surface area contributed by atoms with Crippen LogP contribution in [0.1, 0.15) is 24.1 Å². The number of benzene rings is 1. The van der Waals surface area contributed by atoms with Crippen molar-refractivity contribution in [2.24, 2.45) is 0 Å². The fourth-order valence-electron chi connectivity index (χ4n) is 0.490. The molecule has 0 heterocycles. The van der Waals surface area contributed by atoms with Crippen LogP contribution < -0.4 is 0 Å². The van der Waals surface area contributed by atoms with Gasteiger partial charge in [0.25, 0.3) is 0 Å². The van der Waals surface area contributed by atoms with Crippen LogP contribution in [0.5, 0.6) is 0 Å². The highest BCUT2D eigenvalue weighted by molar-refractivity contribution is 5.89. The van der Waals surface area contributed by atoms with Crippen molar-refractivity contribution in [1.82, 2.24) is 0 Å². The van der Waals surface area contributed by atoms with Crippen molar-refractivity contribution in [3.63, 3.8) is 0 Å². The zero-order valence-corrected chi connectivity index (χ0v) is 6.63. The molecule has 0 aliphatic rings. The number of hydrogen-bond donors (Lipinski definition) is 0. The Balaban J connectivity index is 3.24. The fourth-order valence-corrected chi connectivity index (χ4v) is 0.490. The van der Waals surface area contributed by atoms with Crippen molar-refractivity contribution in [1.29, 1.82) is 0 Å². The van der Waals surface area contributed by atoms with Crippen molar-refractivity contribution in [2.45, 2.75) is 6.92 Å². The fraction of sp³-hybridized carbons (Fsp3) is 0.111. The summed E-state index contributed by atoms with van der Waals surface area (Å²) >= 11 is 0. The molecular formula is C9H8O4. The van der Waals surface area contributed by atoms with Gasteiger partial charge in [0.05, 0.1) is 12.4 Å². The number of carbonyl (C=O) groups excluding carboxylic acids is 2. The lowest BCUT2D eigenvalue weighted by Gasteiger charge is -1.99. The molecule has 0 saturated heterocycles. The maximum Gasteiger partial charge on any atom is 0.386 e. The highest BCUT2D eigenvalue weighted by atomic mass is 17.2. The summed E-state index contributed by atoms with van der Waals surface area (Å²) in [5, 5.41) is 0. The van der Waals surface area contributed by atoms with Gasteiger partial charge in [0.2, 0.25) is 0 Å². The first kappa shape index (κ1) is 4.41. The van der Waals surface area contributed by atoms with E-state index in [1.807, 2.05) is 0 Å². The Morgan fingerprint density at radius 2 is 1.85 bits per heavy atom. The second-order valence-electron chi connectivity index (χ2n) is 1.95. The topological polar surface area (TPSA) is 52.6 Å². The third kappa shape index (κ3) is 2.94. The van der Waals surface area contributed by atoms with Crippen LogP contribution in [-0.2, 0) is 14.6 Å². The van der Waals surface area contributed by atoms with E-state index in [2.05, 4.69) is 9.78 Å². The van der Waals surface area contributed by atoms with Gasteiger partial charge >= 0.3 is 11.9 Å². The third-order valence-electron chi connectivity index (χ3n) is 0.939. The minimum Gasteiger partial charge on any atom is -0.248 e. The Morgan fingerprint density at radius 3 is 2.38 bits per heavy atom. The lowest BCUT2D eigenvalue weighted by molar-refractivity contribution is -0.231. The van der Waals surface area contributed by atoms with Gasteiger partial charge in [-0.25, -0.2) is 19.4 Å². The predicted molar refractivity (Wildman–Crippen MR) is 43.6 cm³/mol. The summed E-state index contributed by atoms with van der Waals surface area (Å²) in [6, 6.07) is -3.43. The van der Waals surface area contributed by atoms with E-state index in [0.29, 0.717) is 0 Å². The molecule has 0 radical (unpaired) electrons. The van der Waals surface area contributed by atoms with Crippen molar-refractivity contribution < 1.29 is 26.2 Å². The molecule has 0 aliphatic heterocycles. The molecular weight excluding hydrogens is 172 g/mol. The minimum absolute atomic E-state index is 0.631. The molecule has 1 rings (SSSR count). The minimum atomic E-state index is -1.33. The highest BCUT2D eigenvalue weighted by Gasteiger charge is 2.08. The molecule has 0 atom stereocenters. The van der Waals surface area contributed by atoms with Crippen molar-refractivity contribution >= 4 is 11.9 Å². The van der Waals surface area contributed by atoms with E-state index in [1.165, 1.54) is 0 Å². The lowest BCUT2D eigenvalue weighted by atomic mass is 10.2. The van der Waals surface area contributed by atoms with Crippen molar-refractivity contribution in [3.8, 4) is 0 Å². The summed E-state index contributed by atoms with van der Waals surface area (Å²) in [5.41, 5.74) is -0.692. The second kappa shape index (κ2) is 4.25. The van der Waals surface area contributed by atoms with Crippen molar-refractivity contribution in [2.75, 3.05) is 0 Å². The van der Waals surface area contributed by atoms with Gasteiger partial charge in [-0.2, -0.15) is 0 Å². The molecule has 0 N–H and O–H groups in total. The molecule has 0 spiro atoms. The zero-order valence-electron chi connectivity index (χ0n) is 11.6. The van der Waals surface area contributed by atoms with Gasteiger partial charge in [-0.05, 0) is 12.1 Å². The maximum absolute atomic E-state index is 11.4. The Kier molecular flexibility index (Phi) is 1.44. The first-order valence-corrected chi connectivity index (χ1v) is 3.23. The molecule has 0 amide bonds. The molecule has 4 nitrogen and oxygen atoms in total. The quantitative estimate of drug-likeness (QED) is 0.489. The Morgan fingerprint density at radius 1 is 1.23 bits per heavy atom. The SMILES string of the molecule is [2H]c1c([2H])c([2H])c(C(=O)OOC(C)=O)c([2H])c1[2H]. The van der Waals surface area contributed by atoms with E-state index in [-0.39, 0.29) is 0 Å². The van der Waals surface area contributed by atoms with Crippen LogP contribution in [0.15, 0.2) is 30.2 Å². The van der Waals surface area contributed by atoms with Gasteiger partial charge in [-0.1, -0.05) is 18.1 Å². The van der Waals surface area contributed by atoms with Crippen LogP contribution in [0.25, 0.3) is 0 Å². The molecule has 0 aliphatic carbocycles. The maximum atomic E-state index is 11.4. The Bertz CT molecular complexity index is 499. The van der Waals surface area contributed by atoms with E-state index in [9.17, 15) is 9.59 Å². The van der Waals surface area contributed by atoms with Crippen LogP contribution in [0.3, 0.4) is 0 Å². The van der Waals surface area contributed by atoms with E-state index in [4.69, 9.17) is 6.85 Å². The summed E-state index contributed by atoms with van der Waals surface area (Å²) in [4.78, 5) is 29.9. The molecule has 13 heavy (non-hydrogen) atoms. The van der Waals surface area contributed by atoms with Crippen LogP contribution in [0.2, 0.25) is 0 Å². The number of hydrogen-bond acceptors (Lipinski definition) is 4. The molecule has 1 aromatic carbocycles. The second-order valence-corrected chi connectivity index (χ2v) is 1.95. The number of carbonyl (C=O) groups is 2. The monoisotopic (exact) mass is 185 g/mol. The third-order valence-corrected chi connectivity index (χ3v) is 0.939. The number of rotatable bonds is 1. The van der Waals surface area contributed by atoms with E-state index >= 15 is 0 Å². The van der Waals surface area contributed by atoms with Gasteiger partial charge in [0, 0.05) is 6.92 Å². The Labute approximate surface area is 82.0 Å². The lowest BCUT2D eigenvalue weighted by Crippen LogP contribution is -2.08. The summed E-state index contributed by atoms with van der Waals surface area (Å²) in [7, 11) is 0. The summed E-state index contributed by atoms with van der Waals surface area (Å²) in [6.07, 6.45) is 0. The highest BCUT2D eigenvalue weighted by Crippen LogP contribution is 2.00. The predicted octanol–water partition coefficient (Wildman–Crippen LogP) is 1.32. The van der Waals surface area contributed by atoms with E-state index in [1.54, 1.807) is 0 Å². The van der Waals surface area contributed by atoms with Crippen LogP contribution in [0, 0.1) is 0 Å². The molecule has 0 saturated carbocycles. The standard InChI is InChI=1S/C9H8O4/c1-7(10)12-13-9(11)8-5-3-2-4-6-8/h2-6H,1H3/i2D,3D,4D,5D,6D. The first-order valence-electron chi connectivity index (χ1n) is 5.73. The van der Waals surface area contributed by atoms with Gasteiger partial charge in [-0.15, -0.1) is 0 Å². The van der Waals surface area contributed by atoms with Gasteiger partial charge in [-0.3, -0.25) is 0 Å². The molecule has 0 bridgehead atoms. The summed E-state index contributed by atoms with van der Waals surface area (Å²) in [6.45, 7) is 0.981. The van der Waals surface area contributed by atoms with E-state index in [0.717, 1.165) is 6.92 Å². The summed E-state index contributed by atoms with van der Waals surface area (Å²) in [5.74, 6) is -2.24. The molecule has 4 heteroatoms. The van der Waals surface area contributed by atoms with Crippen LogP contribution >= 0.6 is 0 Å².